The average Bonchev–Trinajstić information content (AvgIpc) is 3.12. The van der Waals surface area contributed by atoms with Crippen molar-refractivity contribution >= 4 is 35.0 Å². The van der Waals surface area contributed by atoms with Crippen molar-refractivity contribution in [2.24, 2.45) is 0 Å². The van der Waals surface area contributed by atoms with Crippen molar-refractivity contribution in [1.82, 2.24) is 14.9 Å². The van der Waals surface area contributed by atoms with E-state index >= 15 is 0 Å². The minimum Gasteiger partial charge on any atom is -0.325 e. The van der Waals surface area contributed by atoms with Crippen molar-refractivity contribution in [2.45, 2.75) is 43.6 Å². The number of thioether (sulfide) groups is 1. The summed E-state index contributed by atoms with van der Waals surface area (Å²) >= 11 is 7.49. The summed E-state index contributed by atoms with van der Waals surface area (Å²) in [7, 11) is 0. The molecule has 0 spiro atoms. The van der Waals surface area contributed by atoms with Crippen LogP contribution in [0.1, 0.15) is 35.5 Å². The molecule has 1 aliphatic rings. The van der Waals surface area contributed by atoms with E-state index in [2.05, 4.69) is 27.0 Å². The Labute approximate surface area is 179 Å². The Balaban J connectivity index is 1.67. The van der Waals surface area contributed by atoms with Crippen molar-refractivity contribution in [3.63, 3.8) is 0 Å². The van der Waals surface area contributed by atoms with Crippen LogP contribution in [0, 0.1) is 13.8 Å². The van der Waals surface area contributed by atoms with Gasteiger partial charge in [0.2, 0.25) is 11.1 Å². The van der Waals surface area contributed by atoms with Gasteiger partial charge < -0.3 is 10.7 Å². The van der Waals surface area contributed by atoms with E-state index in [0.717, 1.165) is 34.6 Å². The number of benzene rings is 2. The third kappa shape index (κ3) is 3.97. The molecule has 2 heterocycles. The lowest BCUT2D eigenvalue weighted by Gasteiger charge is -2.33. The molecule has 2 atom stereocenters. The topological polar surface area (TPSA) is 71.8 Å². The van der Waals surface area contributed by atoms with Gasteiger partial charge in [-0.3, -0.25) is 4.79 Å². The number of halogens is 1. The molecule has 6 nitrogen and oxygen atoms in total. The van der Waals surface area contributed by atoms with Gasteiger partial charge in [0.1, 0.15) is 5.25 Å². The highest BCUT2D eigenvalue weighted by atomic mass is 35.5. The Hall–Kier alpha value is -2.51. The maximum absolute atomic E-state index is 13.3. The number of carbonyl (C=O) groups is 1. The van der Waals surface area contributed by atoms with Crippen molar-refractivity contribution in [1.29, 1.82) is 0 Å². The summed E-state index contributed by atoms with van der Waals surface area (Å²) in [5, 5.41) is 12.5. The molecule has 0 saturated carbocycles. The number of aromatic nitrogens is 3. The third-order valence-corrected chi connectivity index (χ3v) is 6.41. The fourth-order valence-corrected chi connectivity index (χ4v) is 4.63. The van der Waals surface area contributed by atoms with Gasteiger partial charge in [-0.2, -0.15) is 0 Å². The molecule has 0 bridgehead atoms. The Morgan fingerprint density at radius 2 is 1.97 bits per heavy atom. The molecular weight excluding hydrogens is 406 g/mol. The number of rotatable bonds is 4. The summed E-state index contributed by atoms with van der Waals surface area (Å²) in [5.41, 5.74) is 7.43. The van der Waals surface area contributed by atoms with Gasteiger partial charge in [-0.15, -0.1) is 10.2 Å². The number of aryl methyl sites for hydroxylation is 3. The second-order valence-electron chi connectivity index (χ2n) is 7.09. The second-order valence-corrected chi connectivity index (χ2v) is 8.64. The van der Waals surface area contributed by atoms with Crippen LogP contribution in [-0.2, 0) is 11.2 Å². The van der Waals surface area contributed by atoms with Crippen LogP contribution in [0.15, 0.2) is 47.6 Å². The average molecular weight is 428 g/mol. The number of fused-ring (bicyclic) bond motifs is 1. The van der Waals surface area contributed by atoms with Crippen LogP contribution < -0.4 is 10.7 Å². The third-order valence-electron chi connectivity index (χ3n) is 4.95. The number of amides is 1. The molecule has 2 N–H and O–H groups in total. The van der Waals surface area contributed by atoms with Crippen molar-refractivity contribution < 1.29 is 4.79 Å². The van der Waals surface area contributed by atoms with Crippen LogP contribution >= 0.6 is 23.4 Å². The van der Waals surface area contributed by atoms with E-state index in [9.17, 15) is 4.79 Å². The van der Waals surface area contributed by atoms with Crippen molar-refractivity contribution in [3.05, 3.63) is 70.0 Å². The summed E-state index contributed by atoms with van der Waals surface area (Å²) in [6, 6.07) is 13.3. The molecule has 0 unspecified atom stereocenters. The maximum Gasteiger partial charge on any atom is 0.240 e. The molecule has 1 aromatic heterocycles. The molecule has 1 aliphatic heterocycles. The summed E-state index contributed by atoms with van der Waals surface area (Å²) in [5.74, 6) is 0.751. The Morgan fingerprint density at radius 3 is 2.66 bits per heavy atom. The number of carbonyl (C=O) groups excluding carboxylic acids is 1. The summed E-state index contributed by atoms with van der Waals surface area (Å²) in [4.78, 5) is 13.3. The maximum atomic E-state index is 13.3. The molecule has 3 aromatic rings. The molecule has 150 valence electrons. The van der Waals surface area contributed by atoms with Gasteiger partial charge in [0.25, 0.3) is 0 Å². The summed E-state index contributed by atoms with van der Waals surface area (Å²) in [6.07, 6.45) is 0.743. The molecule has 0 aliphatic carbocycles. The molecule has 0 radical (unpaired) electrons. The minimum absolute atomic E-state index is 0.0818. The predicted octanol–water partition coefficient (Wildman–Crippen LogP) is 4.51. The molecule has 0 fully saturated rings. The van der Waals surface area contributed by atoms with E-state index in [1.807, 2.05) is 61.8 Å². The Kier molecular flexibility index (Phi) is 5.52. The van der Waals surface area contributed by atoms with Gasteiger partial charge in [-0.05, 0) is 43.2 Å². The predicted molar refractivity (Wildman–Crippen MR) is 117 cm³/mol. The number of hydrogen-bond donors (Lipinski definition) is 2. The van der Waals surface area contributed by atoms with E-state index < -0.39 is 5.25 Å². The molecule has 4 rings (SSSR count). The SMILES string of the molecule is CCc1nnc2n1N[C@@H](c1ccc(Cl)cc1)[C@H](C(=O)Nc1ccc(C)cc1C)S2. The standard InChI is InChI=1S/C21H22ClN5OS/c1-4-17-24-25-21-27(17)26-18(14-6-8-15(22)9-7-14)19(29-21)20(28)23-16-10-5-12(2)11-13(16)3/h5-11,18-19,26H,4H2,1-3H3,(H,23,28)/t18-,19+/m0/s1. The van der Waals surface area contributed by atoms with E-state index in [0.29, 0.717) is 10.2 Å². The van der Waals surface area contributed by atoms with Gasteiger partial charge in [0, 0.05) is 17.1 Å². The van der Waals surface area contributed by atoms with E-state index in [-0.39, 0.29) is 11.9 Å². The van der Waals surface area contributed by atoms with E-state index in [4.69, 9.17) is 11.6 Å². The molecule has 0 saturated heterocycles. The quantitative estimate of drug-likeness (QED) is 0.641. The fraction of sp³-hybridized carbons (Fsp3) is 0.286. The smallest absolute Gasteiger partial charge is 0.240 e. The lowest BCUT2D eigenvalue weighted by Crippen LogP contribution is -2.41. The fourth-order valence-electron chi connectivity index (χ4n) is 3.41. The zero-order chi connectivity index (χ0) is 20.5. The number of hydrogen-bond acceptors (Lipinski definition) is 5. The first kappa shape index (κ1) is 19.8. The van der Waals surface area contributed by atoms with Crippen LogP contribution in [0.4, 0.5) is 5.69 Å². The number of nitrogens with one attached hydrogen (secondary N) is 2. The molecule has 1 amide bonds. The first-order valence-corrected chi connectivity index (χ1v) is 10.7. The first-order chi connectivity index (χ1) is 14.0. The zero-order valence-corrected chi connectivity index (χ0v) is 18.0. The van der Waals surface area contributed by atoms with Gasteiger partial charge in [0.15, 0.2) is 5.82 Å². The van der Waals surface area contributed by atoms with E-state index in [1.165, 1.54) is 11.8 Å². The minimum atomic E-state index is -0.418. The highest BCUT2D eigenvalue weighted by Gasteiger charge is 2.37. The molecule has 2 aromatic carbocycles. The van der Waals surface area contributed by atoms with Crippen molar-refractivity contribution in [2.75, 3.05) is 10.7 Å². The normalized spacial score (nSPS) is 18.1. The van der Waals surface area contributed by atoms with Gasteiger partial charge in [-0.25, -0.2) is 4.68 Å². The lowest BCUT2D eigenvalue weighted by molar-refractivity contribution is -0.116. The lowest BCUT2D eigenvalue weighted by atomic mass is 10.0. The van der Waals surface area contributed by atoms with Crippen LogP contribution in [0.3, 0.4) is 0 Å². The Morgan fingerprint density at radius 1 is 1.21 bits per heavy atom. The monoisotopic (exact) mass is 427 g/mol. The highest BCUT2D eigenvalue weighted by molar-refractivity contribution is 8.00. The van der Waals surface area contributed by atoms with Crippen LogP contribution in [-0.4, -0.2) is 26.0 Å². The van der Waals surface area contributed by atoms with Crippen LogP contribution in [0.5, 0.6) is 0 Å². The van der Waals surface area contributed by atoms with Gasteiger partial charge in [0.05, 0.1) is 6.04 Å². The molecule has 8 heteroatoms. The second kappa shape index (κ2) is 8.08. The van der Waals surface area contributed by atoms with Crippen LogP contribution in [0.2, 0.25) is 5.02 Å². The highest BCUT2D eigenvalue weighted by Crippen LogP contribution is 2.38. The Bertz CT molecular complexity index is 1050. The zero-order valence-electron chi connectivity index (χ0n) is 16.4. The molecular formula is C21H22ClN5OS. The molecule has 29 heavy (non-hydrogen) atoms. The summed E-state index contributed by atoms with van der Waals surface area (Å²) < 4.78 is 1.88. The van der Waals surface area contributed by atoms with Crippen molar-refractivity contribution in [3.8, 4) is 0 Å². The largest absolute Gasteiger partial charge is 0.325 e. The van der Waals surface area contributed by atoms with Gasteiger partial charge >= 0.3 is 0 Å². The van der Waals surface area contributed by atoms with E-state index in [1.54, 1.807) is 0 Å². The first-order valence-electron chi connectivity index (χ1n) is 9.47. The number of anilines is 1. The van der Waals surface area contributed by atoms with Gasteiger partial charge in [-0.1, -0.05) is 60.1 Å². The summed E-state index contributed by atoms with van der Waals surface area (Å²) in [6.45, 7) is 6.06. The number of nitrogens with zero attached hydrogens (tertiary/aromatic N) is 3. The van der Waals surface area contributed by atoms with Crippen LogP contribution in [0.25, 0.3) is 0 Å².